The van der Waals surface area contributed by atoms with E-state index >= 15 is 0 Å². The van der Waals surface area contributed by atoms with Crippen LogP contribution in [0.1, 0.15) is 33.1 Å². The van der Waals surface area contributed by atoms with Crippen molar-refractivity contribution in [3.63, 3.8) is 0 Å². The highest BCUT2D eigenvalue weighted by Crippen LogP contribution is 2.19. The van der Waals surface area contributed by atoms with Gasteiger partial charge in [-0.15, -0.1) is 0 Å². The van der Waals surface area contributed by atoms with Crippen LogP contribution in [0, 0.1) is 17.2 Å². The SMILES string of the molecule is CC(C)CN(C)CCC(C#N)NC1CC1. The summed E-state index contributed by atoms with van der Waals surface area (Å²) in [5.41, 5.74) is 0. The standard InChI is InChI=1S/C12H23N3/c1-10(2)9-15(3)7-6-12(8-13)14-11-4-5-11/h10-12,14H,4-7,9H2,1-3H3. The molecule has 0 heterocycles. The van der Waals surface area contributed by atoms with Crippen LogP contribution in [0.25, 0.3) is 0 Å². The van der Waals surface area contributed by atoms with Crippen molar-refractivity contribution in [1.82, 2.24) is 10.2 Å². The van der Waals surface area contributed by atoms with E-state index in [1.165, 1.54) is 12.8 Å². The highest BCUT2D eigenvalue weighted by Gasteiger charge is 2.24. The summed E-state index contributed by atoms with van der Waals surface area (Å²) in [6.45, 7) is 6.57. The van der Waals surface area contributed by atoms with Crippen molar-refractivity contribution < 1.29 is 0 Å². The molecule has 3 nitrogen and oxygen atoms in total. The Bertz CT molecular complexity index is 215. The monoisotopic (exact) mass is 209 g/mol. The van der Waals surface area contributed by atoms with E-state index in [9.17, 15) is 0 Å². The normalized spacial score (nSPS) is 18.1. The van der Waals surface area contributed by atoms with Crippen LogP contribution in [0.5, 0.6) is 0 Å². The maximum Gasteiger partial charge on any atom is 0.0967 e. The topological polar surface area (TPSA) is 39.1 Å². The highest BCUT2D eigenvalue weighted by molar-refractivity contribution is 4.95. The summed E-state index contributed by atoms with van der Waals surface area (Å²) in [7, 11) is 2.13. The van der Waals surface area contributed by atoms with Gasteiger partial charge in [0.15, 0.2) is 0 Å². The lowest BCUT2D eigenvalue weighted by Crippen LogP contribution is -2.34. The minimum absolute atomic E-state index is 0.0483. The molecule has 0 radical (unpaired) electrons. The number of nitriles is 1. The summed E-state index contributed by atoms with van der Waals surface area (Å²) in [4.78, 5) is 2.31. The minimum Gasteiger partial charge on any atom is -0.306 e. The third kappa shape index (κ3) is 5.76. The van der Waals surface area contributed by atoms with Crippen LogP contribution in [0.4, 0.5) is 0 Å². The van der Waals surface area contributed by atoms with Crippen molar-refractivity contribution in [3.05, 3.63) is 0 Å². The van der Waals surface area contributed by atoms with Gasteiger partial charge in [-0.1, -0.05) is 13.8 Å². The van der Waals surface area contributed by atoms with E-state index < -0.39 is 0 Å². The fourth-order valence-electron chi connectivity index (χ4n) is 1.78. The second kappa shape index (κ2) is 6.09. The molecule has 1 saturated carbocycles. The van der Waals surface area contributed by atoms with Crippen LogP contribution in [0.2, 0.25) is 0 Å². The summed E-state index contributed by atoms with van der Waals surface area (Å²) in [5, 5.41) is 12.3. The lowest BCUT2D eigenvalue weighted by molar-refractivity contribution is 0.284. The van der Waals surface area contributed by atoms with E-state index in [-0.39, 0.29) is 6.04 Å². The second-order valence-corrected chi connectivity index (χ2v) is 5.07. The van der Waals surface area contributed by atoms with Crippen LogP contribution in [-0.4, -0.2) is 37.1 Å². The van der Waals surface area contributed by atoms with Gasteiger partial charge in [-0.3, -0.25) is 5.32 Å². The molecule has 0 aliphatic heterocycles. The number of nitrogens with one attached hydrogen (secondary N) is 1. The molecule has 1 aliphatic rings. The van der Waals surface area contributed by atoms with Crippen molar-refractivity contribution in [1.29, 1.82) is 5.26 Å². The Morgan fingerprint density at radius 1 is 1.47 bits per heavy atom. The van der Waals surface area contributed by atoms with E-state index in [1.807, 2.05) is 0 Å². The molecule has 1 unspecified atom stereocenters. The van der Waals surface area contributed by atoms with Gasteiger partial charge in [0.1, 0.15) is 0 Å². The maximum atomic E-state index is 8.97. The van der Waals surface area contributed by atoms with E-state index in [0.717, 1.165) is 19.5 Å². The Labute approximate surface area is 93.5 Å². The van der Waals surface area contributed by atoms with Gasteiger partial charge < -0.3 is 4.90 Å². The Morgan fingerprint density at radius 2 is 2.13 bits per heavy atom. The summed E-state index contributed by atoms with van der Waals surface area (Å²) in [6.07, 6.45) is 3.44. The molecule has 0 saturated heterocycles. The zero-order valence-corrected chi connectivity index (χ0v) is 10.2. The molecule has 0 amide bonds. The number of rotatable bonds is 7. The van der Waals surface area contributed by atoms with E-state index in [4.69, 9.17) is 5.26 Å². The molecule has 0 spiro atoms. The Kier molecular flexibility index (Phi) is 5.07. The van der Waals surface area contributed by atoms with Crippen LogP contribution in [-0.2, 0) is 0 Å². The lowest BCUT2D eigenvalue weighted by atomic mass is 10.2. The molecule has 1 N–H and O–H groups in total. The van der Waals surface area contributed by atoms with Crippen molar-refractivity contribution >= 4 is 0 Å². The molecular formula is C12H23N3. The van der Waals surface area contributed by atoms with Gasteiger partial charge in [-0.2, -0.15) is 5.26 Å². The summed E-state index contributed by atoms with van der Waals surface area (Å²) in [6, 6.07) is 3.02. The number of nitrogens with zero attached hydrogens (tertiary/aromatic N) is 2. The number of hydrogen-bond donors (Lipinski definition) is 1. The van der Waals surface area contributed by atoms with Gasteiger partial charge in [0, 0.05) is 19.1 Å². The van der Waals surface area contributed by atoms with E-state index in [0.29, 0.717) is 12.0 Å². The molecule has 0 aromatic rings. The predicted molar refractivity (Wildman–Crippen MR) is 62.5 cm³/mol. The van der Waals surface area contributed by atoms with Crippen molar-refractivity contribution in [3.8, 4) is 6.07 Å². The molecule has 0 aromatic heterocycles. The van der Waals surface area contributed by atoms with E-state index in [1.54, 1.807) is 0 Å². The summed E-state index contributed by atoms with van der Waals surface area (Å²) in [5.74, 6) is 0.701. The fraction of sp³-hybridized carbons (Fsp3) is 0.917. The first kappa shape index (κ1) is 12.5. The third-order valence-corrected chi connectivity index (χ3v) is 2.65. The van der Waals surface area contributed by atoms with Gasteiger partial charge >= 0.3 is 0 Å². The third-order valence-electron chi connectivity index (χ3n) is 2.65. The predicted octanol–water partition coefficient (Wildman–Crippen LogP) is 1.61. The maximum absolute atomic E-state index is 8.97. The molecule has 0 bridgehead atoms. The first-order chi connectivity index (χ1) is 7.11. The number of hydrogen-bond acceptors (Lipinski definition) is 3. The fourth-order valence-corrected chi connectivity index (χ4v) is 1.78. The van der Waals surface area contributed by atoms with Gasteiger partial charge in [-0.25, -0.2) is 0 Å². The Hall–Kier alpha value is -0.590. The van der Waals surface area contributed by atoms with Crippen LogP contribution >= 0.6 is 0 Å². The zero-order valence-electron chi connectivity index (χ0n) is 10.2. The molecule has 0 aromatic carbocycles. The average Bonchev–Trinajstić information content (AvgIpc) is 2.94. The molecule has 15 heavy (non-hydrogen) atoms. The Morgan fingerprint density at radius 3 is 2.60 bits per heavy atom. The van der Waals surface area contributed by atoms with Crippen molar-refractivity contribution in [2.75, 3.05) is 20.1 Å². The average molecular weight is 209 g/mol. The van der Waals surface area contributed by atoms with Crippen molar-refractivity contribution in [2.45, 2.75) is 45.2 Å². The summed E-state index contributed by atoms with van der Waals surface area (Å²) < 4.78 is 0. The zero-order chi connectivity index (χ0) is 11.3. The highest BCUT2D eigenvalue weighted by atomic mass is 15.1. The molecule has 1 aliphatic carbocycles. The minimum atomic E-state index is 0.0483. The summed E-state index contributed by atoms with van der Waals surface area (Å²) >= 11 is 0. The van der Waals surface area contributed by atoms with Crippen LogP contribution in [0.3, 0.4) is 0 Å². The quantitative estimate of drug-likeness (QED) is 0.692. The second-order valence-electron chi connectivity index (χ2n) is 5.07. The lowest BCUT2D eigenvalue weighted by Gasteiger charge is -2.20. The molecule has 86 valence electrons. The molecule has 1 atom stereocenters. The smallest absolute Gasteiger partial charge is 0.0967 e. The van der Waals surface area contributed by atoms with Crippen LogP contribution in [0.15, 0.2) is 0 Å². The first-order valence-corrected chi connectivity index (χ1v) is 5.96. The molecule has 3 heteroatoms. The van der Waals surface area contributed by atoms with E-state index in [2.05, 4.69) is 37.2 Å². The molecule has 1 rings (SSSR count). The van der Waals surface area contributed by atoms with Gasteiger partial charge in [-0.05, 0) is 32.2 Å². The van der Waals surface area contributed by atoms with Gasteiger partial charge in [0.05, 0.1) is 12.1 Å². The molecular weight excluding hydrogens is 186 g/mol. The van der Waals surface area contributed by atoms with Crippen LogP contribution < -0.4 is 5.32 Å². The molecule has 1 fully saturated rings. The Balaban J connectivity index is 2.12. The van der Waals surface area contributed by atoms with Gasteiger partial charge in [0.2, 0.25) is 0 Å². The largest absolute Gasteiger partial charge is 0.306 e. The first-order valence-electron chi connectivity index (χ1n) is 5.96. The van der Waals surface area contributed by atoms with Gasteiger partial charge in [0.25, 0.3) is 0 Å². The van der Waals surface area contributed by atoms with Crippen molar-refractivity contribution in [2.24, 2.45) is 5.92 Å².